The molecule has 2 aliphatic heterocycles. The van der Waals surface area contributed by atoms with Crippen molar-refractivity contribution in [3.63, 3.8) is 0 Å². The molecule has 0 bridgehead atoms. The average molecular weight is 591 g/mol. The van der Waals surface area contributed by atoms with Gasteiger partial charge in [-0.25, -0.2) is 9.59 Å². The van der Waals surface area contributed by atoms with Gasteiger partial charge >= 0.3 is 11.9 Å². The Morgan fingerprint density at radius 3 is 1.64 bits per heavy atom. The number of esters is 2. The average Bonchev–Trinajstić information content (AvgIpc) is 3.46. The van der Waals surface area contributed by atoms with Gasteiger partial charge in [-0.3, -0.25) is 29.3 Å². The number of hydrogen-bond donors (Lipinski definition) is 1. The zero-order valence-corrected chi connectivity index (χ0v) is 23.1. The highest BCUT2D eigenvalue weighted by Crippen LogP contribution is 2.28. The monoisotopic (exact) mass is 590 g/mol. The molecule has 0 saturated carbocycles. The van der Waals surface area contributed by atoms with Crippen molar-refractivity contribution in [3.8, 4) is 22.6 Å². The third-order valence-electron chi connectivity index (χ3n) is 6.94. The fourth-order valence-electron chi connectivity index (χ4n) is 4.70. The normalized spacial score (nSPS) is 13.4. The van der Waals surface area contributed by atoms with Gasteiger partial charge in [-0.1, -0.05) is 31.2 Å². The van der Waals surface area contributed by atoms with E-state index < -0.39 is 35.6 Å². The predicted molar refractivity (Wildman–Crippen MR) is 153 cm³/mol. The molecule has 0 spiro atoms. The Bertz CT molecular complexity index is 1880. The molecule has 0 aromatic heterocycles. The van der Waals surface area contributed by atoms with Crippen molar-refractivity contribution in [1.82, 2.24) is 10.4 Å². The summed E-state index contributed by atoms with van der Waals surface area (Å²) >= 11 is 0. The number of hydroxylamine groups is 2. The minimum Gasteiger partial charge on any atom is -0.423 e. The lowest BCUT2D eigenvalue weighted by Gasteiger charge is -2.11. The highest BCUT2D eigenvalue weighted by Gasteiger charge is 2.37. The minimum atomic E-state index is -0.699. The summed E-state index contributed by atoms with van der Waals surface area (Å²) in [5.41, 5.74) is 2.39. The van der Waals surface area contributed by atoms with Crippen LogP contribution in [-0.2, 0) is 4.84 Å². The fraction of sp³-hybridized carbons (Fsp3) is 0.0909. The minimum absolute atomic E-state index is 0.0705. The number of rotatable bonds is 8. The summed E-state index contributed by atoms with van der Waals surface area (Å²) in [6, 6.07) is 21.7. The molecule has 0 atom stereocenters. The number of fused-ring (bicyclic) bond motifs is 2. The second-order valence-corrected chi connectivity index (χ2v) is 9.87. The molecule has 0 radical (unpaired) electrons. The van der Waals surface area contributed by atoms with E-state index in [1.54, 1.807) is 48.5 Å². The maximum absolute atomic E-state index is 12.8. The van der Waals surface area contributed by atoms with Gasteiger partial charge in [0.15, 0.2) is 0 Å². The van der Waals surface area contributed by atoms with Crippen LogP contribution in [0.2, 0.25) is 0 Å². The molecule has 0 aliphatic carbocycles. The van der Waals surface area contributed by atoms with Crippen LogP contribution in [-0.4, -0.2) is 47.2 Å². The number of imide groups is 2. The highest BCUT2D eigenvalue weighted by atomic mass is 16.7. The number of nitrogens with zero attached hydrogens (tertiary/aromatic N) is 1. The van der Waals surface area contributed by atoms with Crippen molar-refractivity contribution in [2.45, 2.75) is 13.3 Å². The lowest BCUT2D eigenvalue weighted by Crippen LogP contribution is -2.30. The predicted octanol–water partition coefficient (Wildman–Crippen LogP) is 4.61. The number of benzene rings is 4. The standard InChI is InChI=1S/C33H22N2O9/c1-2-15-42-35-30(38)25-14-8-21(17-27(25)31(35)39)33(41)44-23-11-5-19(6-12-23)18-3-9-22(10-4-18)43-32(40)20-7-13-24-26(16-20)29(37)34-28(24)36/h3-14,16-17H,2,15H2,1H3,(H,34,36,37). The Morgan fingerprint density at radius 2 is 1.09 bits per heavy atom. The van der Waals surface area contributed by atoms with Crippen LogP contribution in [0.15, 0.2) is 84.9 Å². The highest BCUT2D eigenvalue weighted by molar-refractivity contribution is 6.22. The SMILES string of the molecule is CCCON1C(=O)c2ccc(C(=O)Oc3ccc(-c4ccc(OC(=O)c5ccc6c(c5)C(=O)NC6=O)cc4)cc3)cc2C1=O. The van der Waals surface area contributed by atoms with Crippen LogP contribution < -0.4 is 14.8 Å². The van der Waals surface area contributed by atoms with Gasteiger partial charge in [0.25, 0.3) is 23.6 Å². The number of carbonyl (C=O) groups excluding carboxylic acids is 6. The molecule has 11 nitrogen and oxygen atoms in total. The summed E-state index contributed by atoms with van der Waals surface area (Å²) in [5, 5.41) is 2.88. The number of nitrogens with one attached hydrogen (secondary N) is 1. The van der Waals surface area contributed by atoms with E-state index in [4.69, 9.17) is 14.3 Å². The molecule has 4 aromatic carbocycles. The van der Waals surface area contributed by atoms with Crippen LogP contribution in [0.4, 0.5) is 0 Å². The van der Waals surface area contributed by atoms with Gasteiger partial charge < -0.3 is 9.47 Å². The first-order valence-electron chi connectivity index (χ1n) is 13.5. The quantitative estimate of drug-likeness (QED) is 0.177. The first-order valence-corrected chi connectivity index (χ1v) is 13.5. The van der Waals surface area contributed by atoms with Crippen LogP contribution in [0.25, 0.3) is 11.1 Å². The maximum atomic E-state index is 12.8. The van der Waals surface area contributed by atoms with Crippen LogP contribution in [0.5, 0.6) is 11.5 Å². The van der Waals surface area contributed by atoms with E-state index in [2.05, 4.69) is 5.32 Å². The van der Waals surface area contributed by atoms with Gasteiger partial charge in [0.2, 0.25) is 0 Å². The van der Waals surface area contributed by atoms with Crippen LogP contribution >= 0.6 is 0 Å². The first kappa shape index (κ1) is 28.2. The molecule has 0 fully saturated rings. The fourth-order valence-corrected chi connectivity index (χ4v) is 4.70. The summed E-state index contributed by atoms with van der Waals surface area (Å²) in [6.07, 6.45) is 0.620. The number of carbonyl (C=O) groups is 6. The summed E-state index contributed by atoms with van der Waals surface area (Å²) in [5.74, 6) is -3.11. The Balaban J connectivity index is 1.09. The zero-order chi connectivity index (χ0) is 31.0. The van der Waals surface area contributed by atoms with Gasteiger partial charge in [0.1, 0.15) is 11.5 Å². The van der Waals surface area contributed by atoms with Gasteiger partial charge in [0.05, 0.1) is 40.0 Å². The van der Waals surface area contributed by atoms with Crippen molar-refractivity contribution >= 4 is 35.6 Å². The van der Waals surface area contributed by atoms with E-state index >= 15 is 0 Å². The number of hydrogen-bond acceptors (Lipinski definition) is 9. The van der Waals surface area contributed by atoms with Crippen LogP contribution in [0.1, 0.15) is 75.5 Å². The zero-order valence-electron chi connectivity index (χ0n) is 23.1. The van der Waals surface area contributed by atoms with Crippen molar-refractivity contribution in [2.75, 3.05) is 6.61 Å². The Morgan fingerprint density at radius 1 is 0.614 bits per heavy atom. The summed E-state index contributed by atoms with van der Waals surface area (Å²) in [6.45, 7) is 2.05. The largest absolute Gasteiger partial charge is 0.423 e. The number of ether oxygens (including phenoxy) is 2. The smallest absolute Gasteiger partial charge is 0.343 e. The van der Waals surface area contributed by atoms with E-state index in [9.17, 15) is 28.8 Å². The maximum Gasteiger partial charge on any atom is 0.343 e. The van der Waals surface area contributed by atoms with Gasteiger partial charge in [-0.2, -0.15) is 0 Å². The molecule has 4 amide bonds. The molecular weight excluding hydrogens is 568 g/mol. The van der Waals surface area contributed by atoms with Gasteiger partial charge in [-0.05, 0) is 78.2 Å². The first-order chi connectivity index (χ1) is 21.2. The molecule has 2 heterocycles. The van der Waals surface area contributed by atoms with Gasteiger partial charge in [0, 0.05) is 0 Å². The molecule has 11 heteroatoms. The third kappa shape index (κ3) is 5.23. The van der Waals surface area contributed by atoms with E-state index in [1.807, 2.05) is 6.92 Å². The molecule has 0 saturated heterocycles. The molecule has 2 aliphatic rings. The summed E-state index contributed by atoms with van der Waals surface area (Å²) in [4.78, 5) is 79.2. The van der Waals surface area contributed by atoms with E-state index in [0.717, 1.165) is 11.1 Å². The molecular formula is C33H22N2O9. The van der Waals surface area contributed by atoms with Crippen molar-refractivity contribution in [1.29, 1.82) is 0 Å². The van der Waals surface area contributed by atoms with E-state index in [1.165, 1.54) is 36.4 Å². The third-order valence-corrected chi connectivity index (χ3v) is 6.94. The van der Waals surface area contributed by atoms with Gasteiger partial charge in [-0.15, -0.1) is 5.06 Å². The van der Waals surface area contributed by atoms with Crippen LogP contribution in [0.3, 0.4) is 0 Å². The molecule has 0 unspecified atom stereocenters. The van der Waals surface area contributed by atoms with Crippen molar-refractivity contribution < 1.29 is 43.1 Å². The molecule has 4 aromatic rings. The Hall–Kier alpha value is -5.94. The molecule has 44 heavy (non-hydrogen) atoms. The molecule has 218 valence electrons. The Kier molecular flexibility index (Phi) is 7.29. The molecule has 6 rings (SSSR count). The van der Waals surface area contributed by atoms with E-state index in [-0.39, 0.29) is 51.5 Å². The molecule has 1 N–H and O–H groups in total. The second kappa shape index (κ2) is 11.4. The lowest BCUT2D eigenvalue weighted by molar-refractivity contribution is -0.0909. The summed E-state index contributed by atoms with van der Waals surface area (Å²) in [7, 11) is 0. The lowest BCUT2D eigenvalue weighted by atomic mass is 10.0. The number of amides is 4. The Labute approximate surface area is 249 Å². The van der Waals surface area contributed by atoms with Crippen molar-refractivity contribution in [2.24, 2.45) is 0 Å². The van der Waals surface area contributed by atoms with Crippen LogP contribution in [0, 0.1) is 0 Å². The van der Waals surface area contributed by atoms with E-state index in [0.29, 0.717) is 11.5 Å². The second-order valence-electron chi connectivity index (χ2n) is 9.87. The summed E-state index contributed by atoms with van der Waals surface area (Å²) < 4.78 is 10.9. The topological polar surface area (TPSA) is 145 Å². The van der Waals surface area contributed by atoms with Crippen molar-refractivity contribution in [3.05, 3.63) is 118 Å².